The fourth-order valence-electron chi connectivity index (χ4n) is 1.59. The van der Waals surface area contributed by atoms with Crippen molar-refractivity contribution in [3.05, 3.63) is 33.8 Å². The smallest absolute Gasteiger partial charge is 0.255 e. The van der Waals surface area contributed by atoms with Gasteiger partial charge >= 0.3 is 0 Å². The van der Waals surface area contributed by atoms with Gasteiger partial charge in [0, 0.05) is 30.0 Å². The predicted molar refractivity (Wildman–Crippen MR) is 80.5 cm³/mol. The molecule has 0 N–H and O–H groups in total. The zero-order valence-corrected chi connectivity index (χ0v) is 13.8. The minimum Gasteiger partial charge on any atom is -0.383 e. The number of benzene rings is 1. The molecule has 0 radical (unpaired) electrons. The SMILES string of the molecule is COCCN(CCBr)C(=O)c1cc(C)ccc1Br. The number of aryl methyl sites for hydroxylation is 1. The zero-order chi connectivity index (χ0) is 13.5. The minimum atomic E-state index is 0.0297. The summed E-state index contributed by atoms with van der Waals surface area (Å²) in [5.41, 5.74) is 1.78. The van der Waals surface area contributed by atoms with E-state index in [-0.39, 0.29) is 5.91 Å². The van der Waals surface area contributed by atoms with Gasteiger partial charge in [0.25, 0.3) is 5.91 Å². The second kappa shape index (κ2) is 7.92. The fraction of sp³-hybridized carbons (Fsp3) is 0.462. The average molecular weight is 379 g/mol. The third-order valence-corrected chi connectivity index (χ3v) is 3.61. The van der Waals surface area contributed by atoms with E-state index < -0.39 is 0 Å². The van der Waals surface area contributed by atoms with Crippen molar-refractivity contribution in [2.45, 2.75) is 6.92 Å². The quantitative estimate of drug-likeness (QED) is 0.711. The highest BCUT2D eigenvalue weighted by Crippen LogP contribution is 2.20. The molecular weight excluding hydrogens is 362 g/mol. The number of hydrogen-bond acceptors (Lipinski definition) is 2. The first-order chi connectivity index (χ1) is 8.60. The van der Waals surface area contributed by atoms with E-state index in [0.29, 0.717) is 25.3 Å². The first kappa shape index (κ1) is 15.7. The van der Waals surface area contributed by atoms with E-state index in [1.54, 1.807) is 12.0 Å². The molecule has 1 rings (SSSR count). The predicted octanol–water partition coefficient (Wildman–Crippen LogP) is 3.24. The summed E-state index contributed by atoms with van der Waals surface area (Å²) in [7, 11) is 1.64. The van der Waals surface area contributed by atoms with Crippen LogP contribution in [0.4, 0.5) is 0 Å². The molecular formula is C13H17Br2NO2. The molecule has 0 atom stereocenters. The molecule has 1 aromatic rings. The second-order valence-electron chi connectivity index (χ2n) is 3.96. The number of alkyl halides is 1. The van der Waals surface area contributed by atoms with E-state index in [1.165, 1.54) is 0 Å². The molecule has 1 aromatic carbocycles. The van der Waals surface area contributed by atoms with E-state index in [4.69, 9.17) is 4.74 Å². The maximum Gasteiger partial charge on any atom is 0.255 e. The van der Waals surface area contributed by atoms with Crippen molar-refractivity contribution in [2.75, 3.05) is 32.1 Å². The number of carbonyl (C=O) groups excluding carboxylic acids is 1. The third-order valence-electron chi connectivity index (χ3n) is 2.56. The van der Waals surface area contributed by atoms with Crippen LogP contribution in [0.3, 0.4) is 0 Å². The molecule has 5 heteroatoms. The van der Waals surface area contributed by atoms with Crippen LogP contribution in [0.5, 0.6) is 0 Å². The lowest BCUT2D eigenvalue weighted by molar-refractivity contribution is 0.0708. The summed E-state index contributed by atoms with van der Waals surface area (Å²) >= 11 is 6.80. The van der Waals surface area contributed by atoms with Crippen molar-refractivity contribution < 1.29 is 9.53 Å². The van der Waals surface area contributed by atoms with Gasteiger partial charge in [-0.3, -0.25) is 4.79 Å². The fourth-order valence-corrected chi connectivity index (χ4v) is 2.44. The Labute approximate surface area is 125 Å². The van der Waals surface area contributed by atoms with Crippen LogP contribution < -0.4 is 0 Å². The summed E-state index contributed by atoms with van der Waals surface area (Å²) in [5.74, 6) is 0.0297. The maximum absolute atomic E-state index is 12.4. The molecule has 3 nitrogen and oxygen atoms in total. The largest absolute Gasteiger partial charge is 0.383 e. The van der Waals surface area contributed by atoms with E-state index in [2.05, 4.69) is 31.9 Å². The molecule has 0 bridgehead atoms. The molecule has 0 aliphatic heterocycles. The lowest BCUT2D eigenvalue weighted by atomic mass is 10.1. The van der Waals surface area contributed by atoms with E-state index in [9.17, 15) is 4.79 Å². The summed E-state index contributed by atoms with van der Waals surface area (Å²) in [6.45, 7) is 3.79. The van der Waals surface area contributed by atoms with Gasteiger partial charge in [0.2, 0.25) is 0 Å². The number of ether oxygens (including phenoxy) is 1. The van der Waals surface area contributed by atoms with Crippen molar-refractivity contribution in [3.63, 3.8) is 0 Å². The molecule has 0 aliphatic rings. The van der Waals surface area contributed by atoms with E-state index in [0.717, 1.165) is 15.4 Å². The van der Waals surface area contributed by atoms with Crippen molar-refractivity contribution >= 4 is 37.8 Å². The molecule has 0 spiro atoms. The standard InChI is InChI=1S/C13H17Br2NO2/c1-10-3-4-12(15)11(9-10)13(17)16(6-5-14)7-8-18-2/h3-4,9H,5-8H2,1-2H3. The summed E-state index contributed by atoms with van der Waals surface area (Å²) in [6, 6.07) is 5.79. The highest BCUT2D eigenvalue weighted by Gasteiger charge is 2.17. The number of methoxy groups -OCH3 is 1. The van der Waals surface area contributed by atoms with Gasteiger partial charge in [0.05, 0.1) is 12.2 Å². The number of halogens is 2. The Kier molecular flexibility index (Phi) is 6.89. The van der Waals surface area contributed by atoms with Crippen LogP contribution in [-0.2, 0) is 4.74 Å². The van der Waals surface area contributed by atoms with Gasteiger partial charge in [-0.2, -0.15) is 0 Å². The Balaban J connectivity index is 2.90. The Bertz CT molecular complexity index is 410. The molecule has 0 aliphatic carbocycles. The number of hydrogen-bond donors (Lipinski definition) is 0. The number of amides is 1. The van der Waals surface area contributed by atoms with Gasteiger partial charge in [-0.25, -0.2) is 0 Å². The van der Waals surface area contributed by atoms with Gasteiger partial charge in [0.15, 0.2) is 0 Å². The van der Waals surface area contributed by atoms with Crippen molar-refractivity contribution in [2.24, 2.45) is 0 Å². The summed E-state index contributed by atoms with van der Waals surface area (Å²) < 4.78 is 5.87. The maximum atomic E-state index is 12.4. The van der Waals surface area contributed by atoms with Crippen LogP contribution in [0.2, 0.25) is 0 Å². The van der Waals surface area contributed by atoms with Crippen molar-refractivity contribution in [3.8, 4) is 0 Å². The topological polar surface area (TPSA) is 29.5 Å². The van der Waals surface area contributed by atoms with Gasteiger partial charge in [0.1, 0.15) is 0 Å². The highest BCUT2D eigenvalue weighted by molar-refractivity contribution is 9.10. The van der Waals surface area contributed by atoms with Crippen LogP contribution in [0.1, 0.15) is 15.9 Å². The lowest BCUT2D eigenvalue weighted by Gasteiger charge is -2.22. The van der Waals surface area contributed by atoms with Gasteiger partial charge in [-0.1, -0.05) is 27.6 Å². The number of carbonyl (C=O) groups is 1. The van der Waals surface area contributed by atoms with Gasteiger partial charge in [-0.05, 0) is 35.0 Å². The summed E-state index contributed by atoms with van der Waals surface area (Å²) in [6.07, 6.45) is 0. The molecule has 18 heavy (non-hydrogen) atoms. The molecule has 1 amide bonds. The Morgan fingerprint density at radius 3 is 2.72 bits per heavy atom. The molecule has 0 saturated carbocycles. The third kappa shape index (κ3) is 4.37. The van der Waals surface area contributed by atoms with Crippen LogP contribution >= 0.6 is 31.9 Å². The van der Waals surface area contributed by atoms with Gasteiger partial charge in [-0.15, -0.1) is 0 Å². The normalized spacial score (nSPS) is 10.4. The molecule has 0 heterocycles. The Morgan fingerprint density at radius 1 is 1.39 bits per heavy atom. The van der Waals surface area contributed by atoms with Crippen molar-refractivity contribution in [1.82, 2.24) is 4.90 Å². The number of rotatable bonds is 6. The van der Waals surface area contributed by atoms with Crippen molar-refractivity contribution in [1.29, 1.82) is 0 Å². The number of nitrogens with zero attached hydrogens (tertiary/aromatic N) is 1. The summed E-state index contributed by atoms with van der Waals surface area (Å²) in [4.78, 5) is 14.2. The van der Waals surface area contributed by atoms with E-state index >= 15 is 0 Å². The molecule has 0 unspecified atom stereocenters. The molecule has 100 valence electrons. The second-order valence-corrected chi connectivity index (χ2v) is 5.60. The zero-order valence-electron chi connectivity index (χ0n) is 10.6. The Hall–Kier alpha value is -0.390. The first-order valence-electron chi connectivity index (χ1n) is 5.70. The van der Waals surface area contributed by atoms with Crippen LogP contribution in [0.15, 0.2) is 22.7 Å². The first-order valence-corrected chi connectivity index (χ1v) is 7.62. The van der Waals surface area contributed by atoms with Crippen LogP contribution in [-0.4, -0.2) is 42.9 Å². The van der Waals surface area contributed by atoms with Crippen LogP contribution in [0, 0.1) is 6.92 Å². The minimum absolute atomic E-state index is 0.0297. The van der Waals surface area contributed by atoms with E-state index in [1.807, 2.05) is 25.1 Å². The molecule has 0 fully saturated rings. The van der Waals surface area contributed by atoms with Gasteiger partial charge < -0.3 is 9.64 Å². The Morgan fingerprint density at radius 2 is 2.11 bits per heavy atom. The summed E-state index contributed by atoms with van der Waals surface area (Å²) in [5, 5.41) is 0.756. The molecule has 0 aromatic heterocycles. The lowest BCUT2D eigenvalue weighted by Crippen LogP contribution is -2.35. The molecule has 0 saturated heterocycles. The van der Waals surface area contributed by atoms with Crippen LogP contribution in [0.25, 0.3) is 0 Å². The average Bonchev–Trinajstić information content (AvgIpc) is 2.36. The monoisotopic (exact) mass is 377 g/mol. The highest BCUT2D eigenvalue weighted by atomic mass is 79.9.